The van der Waals surface area contributed by atoms with Gasteiger partial charge in [0.05, 0.1) is 10.2 Å². The van der Waals surface area contributed by atoms with Gasteiger partial charge in [0.2, 0.25) is 0 Å². The molecule has 0 saturated heterocycles. The SMILES string of the molecule is CCOC(=O)c1nn([C@@H](C)CC)cc1I. The summed E-state index contributed by atoms with van der Waals surface area (Å²) in [6, 6.07) is 0.307. The van der Waals surface area contributed by atoms with Crippen LogP contribution in [-0.2, 0) is 4.74 Å². The van der Waals surface area contributed by atoms with Gasteiger partial charge in [-0.3, -0.25) is 4.68 Å². The van der Waals surface area contributed by atoms with Gasteiger partial charge < -0.3 is 4.74 Å². The summed E-state index contributed by atoms with van der Waals surface area (Å²) in [6.07, 6.45) is 2.86. The van der Waals surface area contributed by atoms with Crippen molar-refractivity contribution >= 4 is 28.6 Å². The third kappa shape index (κ3) is 2.93. The number of ether oxygens (including phenoxy) is 1. The van der Waals surface area contributed by atoms with Crippen LogP contribution in [-0.4, -0.2) is 22.4 Å². The molecule has 0 saturated carbocycles. The van der Waals surface area contributed by atoms with Gasteiger partial charge in [0.25, 0.3) is 0 Å². The molecule has 0 aromatic carbocycles. The zero-order chi connectivity index (χ0) is 11.4. The van der Waals surface area contributed by atoms with Gasteiger partial charge in [-0.25, -0.2) is 4.79 Å². The van der Waals surface area contributed by atoms with E-state index in [1.807, 2.05) is 10.9 Å². The highest BCUT2D eigenvalue weighted by atomic mass is 127. The van der Waals surface area contributed by atoms with E-state index in [9.17, 15) is 4.79 Å². The topological polar surface area (TPSA) is 44.1 Å². The number of esters is 1. The van der Waals surface area contributed by atoms with Crippen LogP contribution in [0.15, 0.2) is 6.20 Å². The molecule has 0 spiro atoms. The molecule has 1 aromatic rings. The minimum Gasteiger partial charge on any atom is -0.461 e. The molecule has 0 bridgehead atoms. The van der Waals surface area contributed by atoms with E-state index in [2.05, 4.69) is 41.5 Å². The van der Waals surface area contributed by atoms with Crippen molar-refractivity contribution in [1.29, 1.82) is 0 Å². The molecule has 1 rings (SSSR count). The molecule has 0 amide bonds. The Hall–Kier alpha value is -0.590. The van der Waals surface area contributed by atoms with Gasteiger partial charge in [-0.15, -0.1) is 0 Å². The minimum atomic E-state index is -0.344. The first-order valence-corrected chi connectivity index (χ1v) is 6.09. The molecule has 4 nitrogen and oxygen atoms in total. The molecule has 84 valence electrons. The average molecular weight is 322 g/mol. The van der Waals surface area contributed by atoms with Crippen molar-refractivity contribution in [3.63, 3.8) is 0 Å². The number of carbonyl (C=O) groups excluding carboxylic acids is 1. The van der Waals surface area contributed by atoms with E-state index >= 15 is 0 Å². The highest BCUT2D eigenvalue weighted by Crippen LogP contribution is 2.16. The lowest BCUT2D eigenvalue weighted by Gasteiger charge is -2.07. The zero-order valence-electron chi connectivity index (χ0n) is 9.16. The Morgan fingerprint density at radius 2 is 2.33 bits per heavy atom. The second kappa shape index (κ2) is 5.48. The van der Waals surface area contributed by atoms with Crippen LogP contribution in [0.25, 0.3) is 0 Å². The van der Waals surface area contributed by atoms with E-state index in [1.54, 1.807) is 6.92 Å². The molecule has 0 unspecified atom stereocenters. The Morgan fingerprint density at radius 3 is 2.87 bits per heavy atom. The van der Waals surface area contributed by atoms with Crippen molar-refractivity contribution in [3.05, 3.63) is 15.5 Å². The number of aromatic nitrogens is 2. The molecule has 1 atom stereocenters. The lowest BCUT2D eigenvalue weighted by Crippen LogP contribution is -2.09. The quantitative estimate of drug-likeness (QED) is 0.632. The first-order valence-electron chi connectivity index (χ1n) is 5.01. The third-order valence-corrected chi connectivity index (χ3v) is 2.99. The highest BCUT2D eigenvalue weighted by molar-refractivity contribution is 14.1. The number of hydrogen-bond donors (Lipinski definition) is 0. The molecule has 0 aliphatic heterocycles. The standard InChI is InChI=1S/C10H15IN2O2/c1-4-7(3)13-6-8(11)9(12-13)10(14)15-5-2/h6-7H,4-5H2,1-3H3/t7-/m0/s1. The van der Waals surface area contributed by atoms with E-state index in [0.29, 0.717) is 18.3 Å². The third-order valence-electron chi connectivity index (χ3n) is 2.20. The Bertz CT molecular complexity index is 349. The molecule has 5 heteroatoms. The minimum absolute atomic E-state index is 0.307. The largest absolute Gasteiger partial charge is 0.461 e. The van der Waals surface area contributed by atoms with E-state index in [0.717, 1.165) is 9.99 Å². The number of carbonyl (C=O) groups is 1. The predicted molar refractivity (Wildman–Crippen MR) is 65.9 cm³/mol. The molecular weight excluding hydrogens is 307 g/mol. The maximum Gasteiger partial charge on any atom is 0.359 e. The number of nitrogens with zero attached hydrogens (tertiary/aromatic N) is 2. The van der Waals surface area contributed by atoms with Crippen LogP contribution in [0.5, 0.6) is 0 Å². The fourth-order valence-corrected chi connectivity index (χ4v) is 1.73. The normalized spacial score (nSPS) is 12.5. The van der Waals surface area contributed by atoms with Crippen molar-refractivity contribution in [1.82, 2.24) is 9.78 Å². The summed E-state index contributed by atoms with van der Waals surface area (Å²) < 4.78 is 7.57. The number of rotatable bonds is 4. The summed E-state index contributed by atoms with van der Waals surface area (Å²) in [5.41, 5.74) is 0.415. The lowest BCUT2D eigenvalue weighted by molar-refractivity contribution is 0.0517. The second-order valence-corrected chi connectivity index (χ2v) is 4.45. The van der Waals surface area contributed by atoms with Gasteiger partial charge in [0.1, 0.15) is 0 Å². The Kier molecular flexibility index (Phi) is 4.56. The van der Waals surface area contributed by atoms with Gasteiger partial charge in [-0.05, 0) is 42.9 Å². The Balaban J connectivity index is 2.90. The van der Waals surface area contributed by atoms with Crippen LogP contribution in [0.2, 0.25) is 0 Å². The highest BCUT2D eigenvalue weighted by Gasteiger charge is 2.17. The summed E-state index contributed by atoms with van der Waals surface area (Å²) in [7, 11) is 0. The van der Waals surface area contributed by atoms with E-state index in [4.69, 9.17) is 4.74 Å². The van der Waals surface area contributed by atoms with Crippen molar-refractivity contribution in [2.24, 2.45) is 0 Å². The van der Waals surface area contributed by atoms with Crippen LogP contribution in [0.4, 0.5) is 0 Å². The lowest BCUT2D eigenvalue weighted by atomic mass is 10.3. The Morgan fingerprint density at radius 1 is 1.67 bits per heavy atom. The number of halogens is 1. The summed E-state index contributed by atoms with van der Waals surface area (Å²) >= 11 is 2.10. The molecule has 15 heavy (non-hydrogen) atoms. The van der Waals surface area contributed by atoms with Crippen LogP contribution in [0.3, 0.4) is 0 Å². The fourth-order valence-electron chi connectivity index (χ4n) is 1.12. The monoisotopic (exact) mass is 322 g/mol. The van der Waals surface area contributed by atoms with Gasteiger partial charge >= 0.3 is 5.97 Å². The van der Waals surface area contributed by atoms with E-state index in [1.165, 1.54) is 0 Å². The molecule has 0 N–H and O–H groups in total. The van der Waals surface area contributed by atoms with Crippen LogP contribution < -0.4 is 0 Å². The zero-order valence-corrected chi connectivity index (χ0v) is 11.3. The van der Waals surface area contributed by atoms with E-state index < -0.39 is 0 Å². The van der Waals surface area contributed by atoms with Gasteiger partial charge in [0.15, 0.2) is 5.69 Å². The maximum atomic E-state index is 11.5. The van der Waals surface area contributed by atoms with E-state index in [-0.39, 0.29) is 5.97 Å². The summed E-state index contributed by atoms with van der Waals surface area (Å²) in [5.74, 6) is -0.344. The van der Waals surface area contributed by atoms with Gasteiger partial charge in [-0.1, -0.05) is 6.92 Å². The van der Waals surface area contributed by atoms with Gasteiger partial charge in [-0.2, -0.15) is 5.10 Å². The maximum absolute atomic E-state index is 11.5. The van der Waals surface area contributed by atoms with Crippen molar-refractivity contribution in [3.8, 4) is 0 Å². The summed E-state index contributed by atoms with van der Waals surface area (Å²) in [6.45, 7) is 6.32. The van der Waals surface area contributed by atoms with Crippen molar-refractivity contribution < 1.29 is 9.53 Å². The van der Waals surface area contributed by atoms with Crippen molar-refractivity contribution in [2.75, 3.05) is 6.61 Å². The molecule has 0 fully saturated rings. The fraction of sp³-hybridized carbons (Fsp3) is 0.600. The summed E-state index contributed by atoms with van der Waals surface area (Å²) in [4.78, 5) is 11.5. The second-order valence-electron chi connectivity index (χ2n) is 3.28. The molecule has 1 aromatic heterocycles. The van der Waals surface area contributed by atoms with Crippen LogP contribution in [0.1, 0.15) is 43.7 Å². The van der Waals surface area contributed by atoms with Crippen molar-refractivity contribution in [2.45, 2.75) is 33.2 Å². The summed E-state index contributed by atoms with van der Waals surface area (Å²) in [5, 5.41) is 4.23. The van der Waals surface area contributed by atoms with Crippen LogP contribution in [0, 0.1) is 3.57 Å². The molecule has 1 heterocycles. The molecular formula is C10H15IN2O2. The molecule has 0 radical (unpaired) electrons. The first-order chi connectivity index (χ1) is 7.10. The Labute approximate surface area is 103 Å². The predicted octanol–water partition coefficient (Wildman–Crippen LogP) is 2.64. The number of hydrogen-bond acceptors (Lipinski definition) is 3. The van der Waals surface area contributed by atoms with Gasteiger partial charge in [0, 0.05) is 12.2 Å². The molecule has 0 aliphatic carbocycles. The average Bonchev–Trinajstić information content (AvgIpc) is 2.59. The smallest absolute Gasteiger partial charge is 0.359 e. The molecule has 0 aliphatic rings. The van der Waals surface area contributed by atoms with Crippen LogP contribution >= 0.6 is 22.6 Å². The first kappa shape index (κ1) is 12.5.